The topological polar surface area (TPSA) is 35.5 Å². The van der Waals surface area contributed by atoms with Crippen LogP contribution in [0.4, 0.5) is 13.2 Å². The van der Waals surface area contributed by atoms with E-state index in [2.05, 4.69) is 0 Å². The number of rotatable bonds is 2. The van der Waals surface area contributed by atoms with Gasteiger partial charge in [-0.15, -0.1) is 0 Å². The smallest absolute Gasteiger partial charge is 0.411 e. The number of ether oxygens (including phenoxy) is 2. The average Bonchev–Trinajstić information content (AvgIpc) is 3.13. The maximum Gasteiger partial charge on any atom is 0.411 e. The van der Waals surface area contributed by atoms with Crippen LogP contribution in [0.1, 0.15) is 28.8 Å². The summed E-state index contributed by atoms with van der Waals surface area (Å²) < 4.78 is 46.4. The Balaban J connectivity index is 1.88. The first-order valence-corrected chi connectivity index (χ1v) is 5.91. The van der Waals surface area contributed by atoms with Gasteiger partial charge in [0, 0.05) is 0 Å². The summed E-state index contributed by atoms with van der Waals surface area (Å²) in [6.07, 6.45) is -4.24. The minimum atomic E-state index is -4.43. The van der Waals surface area contributed by atoms with E-state index in [-0.39, 0.29) is 0 Å². The molecule has 0 radical (unpaired) electrons. The molecule has 1 aliphatic heterocycles. The largest absolute Gasteiger partial charge is 0.431 e. The zero-order valence-corrected chi connectivity index (χ0v) is 9.87. The van der Waals surface area contributed by atoms with Crippen molar-refractivity contribution >= 4 is 5.97 Å². The molecule has 1 atom stereocenters. The molecule has 1 aromatic carbocycles. The second-order valence-corrected chi connectivity index (χ2v) is 4.87. The molecule has 102 valence electrons. The molecule has 1 aromatic rings. The molecule has 0 saturated heterocycles. The van der Waals surface area contributed by atoms with Crippen molar-refractivity contribution in [2.24, 2.45) is 0 Å². The van der Waals surface area contributed by atoms with Gasteiger partial charge in [-0.1, -0.05) is 18.2 Å². The fourth-order valence-corrected chi connectivity index (χ4v) is 2.50. The van der Waals surface area contributed by atoms with Crippen LogP contribution in [0.2, 0.25) is 0 Å². The van der Waals surface area contributed by atoms with Gasteiger partial charge in [0.2, 0.25) is 6.29 Å². The Bertz CT molecular complexity index is 520. The van der Waals surface area contributed by atoms with Crippen LogP contribution in [0.25, 0.3) is 0 Å². The third kappa shape index (κ3) is 2.10. The van der Waals surface area contributed by atoms with E-state index in [4.69, 9.17) is 9.47 Å². The first kappa shape index (κ1) is 12.5. The highest BCUT2D eigenvalue weighted by Gasteiger charge is 2.58. The van der Waals surface area contributed by atoms with Crippen molar-refractivity contribution in [2.75, 3.05) is 6.61 Å². The van der Waals surface area contributed by atoms with E-state index < -0.39 is 30.5 Å². The molecular weight excluding hydrogens is 261 g/mol. The molecule has 19 heavy (non-hydrogen) atoms. The van der Waals surface area contributed by atoms with Gasteiger partial charge in [-0.25, -0.2) is 4.79 Å². The lowest BCUT2D eigenvalue weighted by atomic mass is 9.88. The van der Waals surface area contributed by atoms with E-state index in [1.807, 2.05) is 0 Å². The second kappa shape index (κ2) is 3.96. The van der Waals surface area contributed by atoms with Gasteiger partial charge in [-0.3, -0.25) is 0 Å². The Morgan fingerprint density at radius 2 is 2.00 bits per heavy atom. The van der Waals surface area contributed by atoms with Gasteiger partial charge < -0.3 is 9.47 Å². The van der Waals surface area contributed by atoms with Crippen molar-refractivity contribution < 1.29 is 27.4 Å². The predicted octanol–water partition coefficient (Wildman–Crippen LogP) is 2.79. The Morgan fingerprint density at radius 3 is 2.63 bits per heavy atom. The maximum atomic E-state index is 12.2. The first-order chi connectivity index (χ1) is 8.92. The van der Waals surface area contributed by atoms with Crippen LogP contribution in [0.15, 0.2) is 24.3 Å². The van der Waals surface area contributed by atoms with Crippen LogP contribution >= 0.6 is 0 Å². The Kier molecular flexibility index (Phi) is 2.60. The molecule has 0 amide bonds. The van der Waals surface area contributed by atoms with Crippen molar-refractivity contribution in [1.82, 2.24) is 0 Å². The van der Waals surface area contributed by atoms with Crippen LogP contribution in [0.3, 0.4) is 0 Å². The third-order valence-electron chi connectivity index (χ3n) is 3.54. The monoisotopic (exact) mass is 272 g/mol. The van der Waals surface area contributed by atoms with Gasteiger partial charge >= 0.3 is 12.1 Å². The lowest BCUT2D eigenvalue weighted by molar-refractivity contribution is -0.226. The molecule has 0 bridgehead atoms. The van der Waals surface area contributed by atoms with E-state index in [1.54, 1.807) is 24.3 Å². The number of esters is 1. The molecule has 1 spiro atoms. The highest BCUT2D eigenvalue weighted by Crippen LogP contribution is 2.55. The normalized spacial score (nSPS) is 23.9. The van der Waals surface area contributed by atoms with E-state index in [1.165, 1.54) is 0 Å². The van der Waals surface area contributed by atoms with E-state index in [9.17, 15) is 18.0 Å². The van der Waals surface area contributed by atoms with Gasteiger partial charge in [0.1, 0.15) is 6.61 Å². The SMILES string of the molecule is O=C1OC(OCC(F)(F)F)C2(CC2)c2ccccc21. The van der Waals surface area contributed by atoms with Gasteiger partial charge in [0.05, 0.1) is 11.0 Å². The molecular formula is C13H11F3O3. The zero-order chi connectivity index (χ0) is 13.7. The third-order valence-corrected chi connectivity index (χ3v) is 3.54. The summed E-state index contributed by atoms with van der Waals surface area (Å²) in [6, 6.07) is 6.84. The van der Waals surface area contributed by atoms with Crippen LogP contribution in [0, 0.1) is 0 Å². The van der Waals surface area contributed by atoms with Crippen molar-refractivity contribution in [3.63, 3.8) is 0 Å². The average molecular weight is 272 g/mol. The van der Waals surface area contributed by atoms with Gasteiger partial charge in [0.15, 0.2) is 0 Å². The lowest BCUT2D eigenvalue weighted by Crippen LogP contribution is -2.41. The molecule has 1 unspecified atom stereocenters. The molecule has 0 N–H and O–H groups in total. The second-order valence-electron chi connectivity index (χ2n) is 4.87. The van der Waals surface area contributed by atoms with Crippen molar-refractivity contribution in [2.45, 2.75) is 30.7 Å². The number of alkyl halides is 3. The summed E-state index contributed by atoms with van der Waals surface area (Å²) in [5.41, 5.74) is 0.570. The Labute approximate surface area is 107 Å². The number of carbonyl (C=O) groups excluding carboxylic acids is 1. The fraction of sp³-hybridized carbons (Fsp3) is 0.462. The van der Waals surface area contributed by atoms with Crippen molar-refractivity contribution in [3.8, 4) is 0 Å². The maximum absolute atomic E-state index is 12.2. The summed E-state index contributed by atoms with van der Waals surface area (Å²) in [5, 5.41) is 0. The number of fused-ring (bicyclic) bond motifs is 2. The molecule has 3 rings (SSSR count). The number of cyclic esters (lactones) is 1. The van der Waals surface area contributed by atoms with Gasteiger partial charge in [-0.05, 0) is 24.5 Å². The number of hydrogen-bond acceptors (Lipinski definition) is 3. The summed E-state index contributed by atoms with van der Waals surface area (Å²) in [7, 11) is 0. The van der Waals surface area contributed by atoms with Crippen LogP contribution < -0.4 is 0 Å². The molecule has 6 heteroatoms. The van der Waals surface area contributed by atoms with Crippen molar-refractivity contribution in [3.05, 3.63) is 35.4 Å². The minimum Gasteiger partial charge on any atom is -0.431 e. The molecule has 3 nitrogen and oxygen atoms in total. The number of hydrogen-bond donors (Lipinski definition) is 0. The first-order valence-electron chi connectivity index (χ1n) is 5.91. The zero-order valence-electron chi connectivity index (χ0n) is 9.87. The molecule has 1 fully saturated rings. The van der Waals surface area contributed by atoms with Crippen molar-refractivity contribution in [1.29, 1.82) is 0 Å². The summed E-state index contributed by atoms with van der Waals surface area (Å²) in [6.45, 7) is -1.41. The number of halogens is 3. The summed E-state index contributed by atoms with van der Waals surface area (Å²) in [5.74, 6) is -0.625. The van der Waals surface area contributed by atoms with Crippen LogP contribution in [-0.4, -0.2) is 25.0 Å². The summed E-state index contributed by atoms with van der Waals surface area (Å²) in [4.78, 5) is 11.8. The molecule has 1 saturated carbocycles. The minimum absolute atomic E-state index is 0.423. The van der Waals surface area contributed by atoms with E-state index >= 15 is 0 Å². The highest BCUT2D eigenvalue weighted by molar-refractivity contribution is 5.93. The van der Waals surface area contributed by atoms with E-state index in [0.717, 1.165) is 5.56 Å². The molecule has 1 heterocycles. The predicted molar refractivity (Wildman–Crippen MR) is 58.6 cm³/mol. The quantitative estimate of drug-likeness (QED) is 0.777. The summed E-state index contributed by atoms with van der Waals surface area (Å²) >= 11 is 0. The van der Waals surface area contributed by atoms with Crippen LogP contribution in [-0.2, 0) is 14.9 Å². The van der Waals surface area contributed by atoms with E-state index in [0.29, 0.717) is 18.4 Å². The molecule has 0 aromatic heterocycles. The Hall–Kier alpha value is -1.56. The Morgan fingerprint density at radius 1 is 1.32 bits per heavy atom. The van der Waals surface area contributed by atoms with Gasteiger partial charge in [-0.2, -0.15) is 13.2 Å². The van der Waals surface area contributed by atoms with Gasteiger partial charge in [0.25, 0.3) is 0 Å². The lowest BCUT2D eigenvalue weighted by Gasteiger charge is -2.33. The standard InChI is InChI=1S/C13H11F3O3/c14-13(15,16)7-18-11-12(5-6-12)9-4-2-1-3-8(9)10(17)19-11/h1-4,11H,5-7H2. The van der Waals surface area contributed by atoms with Crippen LogP contribution in [0.5, 0.6) is 0 Å². The molecule has 2 aliphatic rings. The highest BCUT2D eigenvalue weighted by atomic mass is 19.4. The fourth-order valence-electron chi connectivity index (χ4n) is 2.50. The number of carbonyl (C=O) groups is 1. The number of benzene rings is 1. The molecule has 1 aliphatic carbocycles.